The van der Waals surface area contributed by atoms with Crippen molar-refractivity contribution in [1.82, 2.24) is 9.88 Å². The fourth-order valence-corrected chi connectivity index (χ4v) is 2.87. The molecule has 0 bridgehead atoms. The first kappa shape index (κ1) is 14.6. The second kappa shape index (κ2) is 6.13. The average Bonchev–Trinajstić information content (AvgIpc) is 2.76. The van der Waals surface area contributed by atoms with Gasteiger partial charge in [0.1, 0.15) is 0 Å². The Balaban J connectivity index is 2.03. The van der Waals surface area contributed by atoms with E-state index in [1.54, 1.807) is 11.1 Å². The highest BCUT2D eigenvalue weighted by atomic mass is 15.0. The molecule has 0 fully saturated rings. The molecule has 0 amide bonds. The molecule has 0 aromatic carbocycles. The lowest BCUT2D eigenvalue weighted by Gasteiger charge is -2.23. The van der Waals surface area contributed by atoms with Gasteiger partial charge in [-0.15, -0.1) is 0 Å². The molecule has 1 aromatic rings. The van der Waals surface area contributed by atoms with Crippen LogP contribution >= 0.6 is 0 Å². The quantitative estimate of drug-likeness (QED) is 0.837. The highest BCUT2D eigenvalue weighted by Gasteiger charge is 2.21. The first-order valence-electron chi connectivity index (χ1n) is 7.91. The van der Waals surface area contributed by atoms with Crippen molar-refractivity contribution in [1.29, 1.82) is 0 Å². The Morgan fingerprint density at radius 3 is 2.79 bits per heavy atom. The highest BCUT2D eigenvalue weighted by molar-refractivity contribution is 5.30. The van der Waals surface area contributed by atoms with Crippen LogP contribution in [0.1, 0.15) is 70.5 Å². The lowest BCUT2D eigenvalue weighted by Crippen LogP contribution is -2.24. The number of hydrogen-bond donors (Lipinski definition) is 1. The van der Waals surface area contributed by atoms with Crippen LogP contribution in [0.25, 0.3) is 0 Å². The maximum atomic E-state index is 3.70. The van der Waals surface area contributed by atoms with Gasteiger partial charge in [0.05, 0.1) is 0 Å². The van der Waals surface area contributed by atoms with Gasteiger partial charge in [-0.2, -0.15) is 0 Å². The van der Waals surface area contributed by atoms with E-state index in [0.29, 0.717) is 11.5 Å². The van der Waals surface area contributed by atoms with Crippen molar-refractivity contribution in [3.63, 3.8) is 0 Å². The molecule has 1 aliphatic rings. The predicted octanol–water partition coefficient (Wildman–Crippen LogP) is 4.30. The summed E-state index contributed by atoms with van der Waals surface area (Å²) in [5.41, 5.74) is 3.56. The first-order valence-corrected chi connectivity index (χ1v) is 7.91. The minimum Gasteiger partial charge on any atom is -0.354 e. The summed E-state index contributed by atoms with van der Waals surface area (Å²) in [5, 5.41) is 3.70. The van der Waals surface area contributed by atoms with Crippen molar-refractivity contribution in [3.8, 4) is 0 Å². The first-order chi connectivity index (χ1) is 8.99. The second-order valence-electron chi connectivity index (χ2n) is 7.19. The molecule has 0 aliphatic heterocycles. The van der Waals surface area contributed by atoms with E-state index >= 15 is 0 Å². The Morgan fingerprint density at radius 2 is 2.11 bits per heavy atom. The third kappa shape index (κ3) is 4.10. The van der Waals surface area contributed by atoms with Gasteiger partial charge in [-0.1, -0.05) is 27.7 Å². The maximum Gasteiger partial charge on any atom is 0.0338 e. The predicted molar refractivity (Wildman–Crippen MR) is 82.5 cm³/mol. The lowest BCUT2D eigenvalue weighted by molar-refractivity contribution is 0.350. The van der Waals surface area contributed by atoms with Crippen molar-refractivity contribution in [3.05, 3.63) is 23.5 Å². The van der Waals surface area contributed by atoms with Crippen LogP contribution in [0.3, 0.4) is 0 Å². The van der Waals surface area contributed by atoms with E-state index in [4.69, 9.17) is 0 Å². The molecule has 1 aromatic heterocycles. The monoisotopic (exact) mass is 262 g/mol. The third-order valence-electron chi connectivity index (χ3n) is 4.07. The fraction of sp³-hybridized carbons (Fsp3) is 0.765. The van der Waals surface area contributed by atoms with Gasteiger partial charge in [-0.05, 0) is 55.2 Å². The van der Waals surface area contributed by atoms with Crippen molar-refractivity contribution >= 4 is 0 Å². The van der Waals surface area contributed by atoms with Gasteiger partial charge in [0.15, 0.2) is 0 Å². The van der Waals surface area contributed by atoms with Gasteiger partial charge in [-0.3, -0.25) is 0 Å². The third-order valence-corrected chi connectivity index (χ3v) is 4.07. The summed E-state index contributed by atoms with van der Waals surface area (Å²) >= 11 is 0. The van der Waals surface area contributed by atoms with Crippen LogP contribution in [-0.2, 0) is 13.0 Å². The van der Waals surface area contributed by atoms with Crippen molar-refractivity contribution in [2.75, 3.05) is 6.54 Å². The van der Waals surface area contributed by atoms with Gasteiger partial charge in [0, 0.05) is 25.0 Å². The fourth-order valence-electron chi connectivity index (χ4n) is 2.87. The Morgan fingerprint density at radius 1 is 1.32 bits per heavy atom. The van der Waals surface area contributed by atoms with Gasteiger partial charge in [0.2, 0.25) is 0 Å². The summed E-state index contributed by atoms with van der Waals surface area (Å²) in [7, 11) is 0. The van der Waals surface area contributed by atoms with E-state index in [9.17, 15) is 0 Å². The SMILES string of the molecule is CCCNC1CCCc2cn(CCC(C)(C)C)cc21. The van der Waals surface area contributed by atoms with Crippen molar-refractivity contribution in [2.24, 2.45) is 5.41 Å². The summed E-state index contributed by atoms with van der Waals surface area (Å²) in [5.74, 6) is 0. The van der Waals surface area contributed by atoms with Gasteiger partial charge in [-0.25, -0.2) is 0 Å². The minimum absolute atomic E-state index is 0.421. The Labute approximate surface area is 118 Å². The van der Waals surface area contributed by atoms with E-state index in [-0.39, 0.29) is 0 Å². The number of nitrogens with zero attached hydrogens (tertiary/aromatic N) is 1. The highest BCUT2D eigenvalue weighted by Crippen LogP contribution is 2.31. The molecule has 108 valence electrons. The smallest absolute Gasteiger partial charge is 0.0338 e. The summed E-state index contributed by atoms with van der Waals surface area (Å²) in [6, 6.07) is 0.597. The molecule has 1 aliphatic carbocycles. The average molecular weight is 262 g/mol. The van der Waals surface area contributed by atoms with Crippen molar-refractivity contribution in [2.45, 2.75) is 72.4 Å². The number of aryl methyl sites for hydroxylation is 2. The molecular formula is C17H30N2. The molecular weight excluding hydrogens is 232 g/mol. The van der Waals surface area contributed by atoms with Gasteiger partial charge in [0.25, 0.3) is 0 Å². The zero-order valence-electron chi connectivity index (χ0n) is 13.1. The second-order valence-corrected chi connectivity index (χ2v) is 7.19. The van der Waals surface area contributed by atoms with E-state index < -0.39 is 0 Å². The van der Waals surface area contributed by atoms with Crippen molar-refractivity contribution < 1.29 is 0 Å². The number of rotatable bonds is 5. The van der Waals surface area contributed by atoms with E-state index in [2.05, 4.69) is 50.0 Å². The molecule has 1 unspecified atom stereocenters. The molecule has 1 atom stereocenters. The Bertz CT molecular complexity index is 398. The lowest BCUT2D eigenvalue weighted by atomic mass is 9.91. The van der Waals surface area contributed by atoms with E-state index in [1.807, 2.05) is 0 Å². The molecule has 2 heteroatoms. The van der Waals surface area contributed by atoms with Crippen LogP contribution in [0.5, 0.6) is 0 Å². The molecule has 2 rings (SSSR count). The van der Waals surface area contributed by atoms with E-state index in [0.717, 1.165) is 13.1 Å². The van der Waals surface area contributed by atoms with Gasteiger partial charge < -0.3 is 9.88 Å². The molecule has 0 radical (unpaired) electrons. The Hall–Kier alpha value is -0.760. The number of aromatic nitrogens is 1. The van der Waals surface area contributed by atoms with Crippen LogP contribution in [0, 0.1) is 5.41 Å². The number of hydrogen-bond acceptors (Lipinski definition) is 1. The standard InChI is InChI=1S/C17H30N2/c1-5-10-18-16-8-6-7-14-12-19(13-15(14)16)11-9-17(2,3)4/h12-13,16,18H,5-11H2,1-4H3. The van der Waals surface area contributed by atoms with E-state index in [1.165, 1.54) is 32.1 Å². The molecule has 19 heavy (non-hydrogen) atoms. The summed E-state index contributed by atoms with van der Waals surface area (Å²) in [6.45, 7) is 11.5. The molecule has 1 heterocycles. The molecule has 2 nitrogen and oxygen atoms in total. The van der Waals surface area contributed by atoms with Crippen LogP contribution in [0.4, 0.5) is 0 Å². The molecule has 0 saturated carbocycles. The summed E-state index contributed by atoms with van der Waals surface area (Å²) in [4.78, 5) is 0. The number of nitrogens with one attached hydrogen (secondary N) is 1. The zero-order chi connectivity index (χ0) is 13.9. The van der Waals surface area contributed by atoms with Crippen LogP contribution in [-0.4, -0.2) is 11.1 Å². The zero-order valence-corrected chi connectivity index (χ0v) is 13.1. The number of fused-ring (bicyclic) bond motifs is 1. The Kier molecular flexibility index (Phi) is 4.72. The topological polar surface area (TPSA) is 17.0 Å². The molecule has 1 N–H and O–H groups in total. The molecule has 0 saturated heterocycles. The minimum atomic E-state index is 0.421. The van der Waals surface area contributed by atoms with Crippen LogP contribution < -0.4 is 5.32 Å². The summed E-state index contributed by atoms with van der Waals surface area (Å²) < 4.78 is 2.42. The molecule has 0 spiro atoms. The maximum absolute atomic E-state index is 3.70. The van der Waals surface area contributed by atoms with Gasteiger partial charge >= 0.3 is 0 Å². The normalized spacial score (nSPS) is 19.5. The summed E-state index contributed by atoms with van der Waals surface area (Å²) in [6.07, 6.45) is 11.1. The largest absolute Gasteiger partial charge is 0.354 e. The van der Waals surface area contributed by atoms with Crippen LogP contribution in [0.15, 0.2) is 12.4 Å². The van der Waals surface area contributed by atoms with Crippen LogP contribution in [0.2, 0.25) is 0 Å².